The summed E-state index contributed by atoms with van der Waals surface area (Å²) in [6.45, 7) is 0.417. The van der Waals surface area contributed by atoms with Gasteiger partial charge in [0, 0.05) is 11.8 Å². The summed E-state index contributed by atoms with van der Waals surface area (Å²) in [4.78, 5) is 24.8. The molecule has 14 heavy (non-hydrogen) atoms. The highest BCUT2D eigenvalue weighted by Gasteiger charge is 2.07. The van der Waals surface area contributed by atoms with Crippen LogP contribution in [0.4, 0.5) is 0 Å². The molecule has 0 amide bonds. The van der Waals surface area contributed by atoms with E-state index in [1.165, 1.54) is 13.2 Å². The van der Waals surface area contributed by atoms with E-state index in [0.717, 1.165) is 0 Å². The van der Waals surface area contributed by atoms with Crippen LogP contribution in [0.1, 0.15) is 16.1 Å². The fourth-order valence-electron chi connectivity index (χ4n) is 1.13. The van der Waals surface area contributed by atoms with Gasteiger partial charge in [-0.25, -0.2) is 4.79 Å². The monoisotopic (exact) mass is 196 g/mol. The molecule has 0 bridgehead atoms. The number of H-pyrrole nitrogens is 1. The predicted octanol–water partition coefficient (Wildman–Crippen LogP) is -0.337. The van der Waals surface area contributed by atoms with E-state index in [9.17, 15) is 9.59 Å². The van der Waals surface area contributed by atoms with Gasteiger partial charge in [0.1, 0.15) is 0 Å². The molecule has 0 aliphatic rings. The van der Waals surface area contributed by atoms with Gasteiger partial charge in [0.15, 0.2) is 0 Å². The van der Waals surface area contributed by atoms with Crippen molar-refractivity contribution in [2.45, 2.75) is 6.42 Å². The van der Waals surface area contributed by atoms with Crippen molar-refractivity contribution in [1.82, 2.24) is 4.98 Å². The number of carbonyl (C=O) groups is 1. The molecule has 3 N–H and O–H groups in total. The van der Waals surface area contributed by atoms with E-state index in [2.05, 4.69) is 9.72 Å². The number of ether oxygens (including phenoxy) is 1. The molecule has 0 aromatic carbocycles. The van der Waals surface area contributed by atoms with Crippen molar-refractivity contribution in [3.63, 3.8) is 0 Å². The minimum atomic E-state index is -0.519. The summed E-state index contributed by atoms with van der Waals surface area (Å²) in [6.07, 6.45) is 0.528. The predicted molar refractivity (Wildman–Crippen MR) is 51.2 cm³/mol. The number of hydrogen-bond acceptors (Lipinski definition) is 4. The first kappa shape index (κ1) is 10.5. The van der Waals surface area contributed by atoms with Gasteiger partial charge in [-0.15, -0.1) is 0 Å². The van der Waals surface area contributed by atoms with Gasteiger partial charge in [-0.1, -0.05) is 0 Å². The molecule has 1 aromatic heterocycles. The second-order valence-electron chi connectivity index (χ2n) is 2.79. The number of pyridine rings is 1. The van der Waals surface area contributed by atoms with E-state index in [-0.39, 0.29) is 11.1 Å². The Labute approximate surface area is 80.9 Å². The van der Waals surface area contributed by atoms with Crippen molar-refractivity contribution in [3.8, 4) is 0 Å². The van der Waals surface area contributed by atoms with Crippen LogP contribution in [-0.4, -0.2) is 24.6 Å². The Morgan fingerprint density at radius 2 is 2.29 bits per heavy atom. The van der Waals surface area contributed by atoms with Crippen LogP contribution in [-0.2, 0) is 11.2 Å². The number of nitrogens with one attached hydrogen (secondary N) is 1. The van der Waals surface area contributed by atoms with Crippen LogP contribution in [0.2, 0.25) is 0 Å². The zero-order chi connectivity index (χ0) is 10.6. The number of aromatic nitrogens is 1. The Hall–Kier alpha value is -1.62. The molecule has 5 heteroatoms. The molecule has 0 radical (unpaired) electrons. The van der Waals surface area contributed by atoms with Crippen molar-refractivity contribution >= 4 is 5.97 Å². The zero-order valence-corrected chi connectivity index (χ0v) is 7.87. The van der Waals surface area contributed by atoms with Gasteiger partial charge in [0.25, 0.3) is 0 Å². The number of aromatic amines is 1. The summed E-state index contributed by atoms with van der Waals surface area (Å²) in [5.41, 5.74) is 5.90. The number of carbonyl (C=O) groups excluding carboxylic acids is 1. The molecule has 1 aromatic rings. The highest BCUT2D eigenvalue weighted by atomic mass is 16.5. The minimum absolute atomic E-state index is 0.250. The fourth-order valence-corrected chi connectivity index (χ4v) is 1.13. The zero-order valence-electron chi connectivity index (χ0n) is 7.87. The third-order valence-corrected chi connectivity index (χ3v) is 1.73. The Morgan fingerprint density at radius 3 is 2.86 bits per heavy atom. The topological polar surface area (TPSA) is 85.2 Å². The highest BCUT2D eigenvalue weighted by molar-refractivity contribution is 5.89. The highest BCUT2D eigenvalue weighted by Crippen LogP contribution is 2.00. The third-order valence-electron chi connectivity index (χ3n) is 1.73. The van der Waals surface area contributed by atoms with E-state index in [0.29, 0.717) is 18.7 Å². The first-order chi connectivity index (χ1) is 6.67. The molecular formula is C9H12N2O3. The maximum atomic E-state index is 11.1. The molecule has 1 rings (SSSR count). The third kappa shape index (κ3) is 2.43. The lowest BCUT2D eigenvalue weighted by molar-refractivity contribution is 0.0600. The number of nitrogens with two attached hydrogens (primary N) is 1. The molecule has 0 aliphatic carbocycles. The lowest BCUT2D eigenvalue weighted by Gasteiger charge is -2.01. The summed E-state index contributed by atoms with van der Waals surface area (Å²) in [7, 11) is 1.27. The van der Waals surface area contributed by atoms with E-state index in [1.807, 2.05) is 0 Å². The van der Waals surface area contributed by atoms with Crippen LogP contribution < -0.4 is 11.3 Å². The quantitative estimate of drug-likeness (QED) is 0.648. The van der Waals surface area contributed by atoms with Crippen molar-refractivity contribution < 1.29 is 9.53 Å². The standard InChI is InChI=1S/C9H12N2O3/c1-14-9(13)6-4-7(2-3-10)11-8(12)5-6/h4-5H,2-3,10H2,1H3,(H,11,12). The van der Waals surface area contributed by atoms with Crippen molar-refractivity contribution in [1.29, 1.82) is 0 Å². The normalized spacial score (nSPS) is 9.86. The van der Waals surface area contributed by atoms with E-state index < -0.39 is 5.97 Å². The molecular weight excluding hydrogens is 184 g/mol. The number of esters is 1. The largest absolute Gasteiger partial charge is 0.465 e. The number of rotatable bonds is 3. The van der Waals surface area contributed by atoms with Crippen LogP contribution in [0.3, 0.4) is 0 Å². The molecule has 5 nitrogen and oxygen atoms in total. The SMILES string of the molecule is COC(=O)c1cc(CCN)[nH]c(=O)c1. The lowest BCUT2D eigenvalue weighted by Crippen LogP contribution is -2.15. The van der Waals surface area contributed by atoms with Crippen LogP contribution in [0.15, 0.2) is 16.9 Å². The molecule has 0 fully saturated rings. The molecule has 0 saturated heterocycles. The molecule has 1 heterocycles. The second-order valence-corrected chi connectivity index (χ2v) is 2.79. The Balaban J connectivity index is 3.07. The summed E-state index contributed by atoms with van der Waals surface area (Å²) >= 11 is 0. The number of methoxy groups -OCH3 is 1. The van der Waals surface area contributed by atoms with Gasteiger partial charge in [-0.3, -0.25) is 4.79 Å². The molecule has 76 valence electrons. The van der Waals surface area contributed by atoms with E-state index >= 15 is 0 Å². The molecule has 0 saturated carbocycles. The maximum Gasteiger partial charge on any atom is 0.338 e. The molecule has 0 atom stereocenters. The van der Waals surface area contributed by atoms with E-state index in [1.54, 1.807) is 6.07 Å². The van der Waals surface area contributed by atoms with Crippen molar-refractivity contribution in [2.75, 3.05) is 13.7 Å². The second kappa shape index (κ2) is 4.57. The Morgan fingerprint density at radius 1 is 1.57 bits per heavy atom. The fraction of sp³-hybridized carbons (Fsp3) is 0.333. The minimum Gasteiger partial charge on any atom is -0.465 e. The number of hydrogen-bond donors (Lipinski definition) is 2. The van der Waals surface area contributed by atoms with Crippen molar-refractivity contribution in [3.05, 3.63) is 33.7 Å². The maximum absolute atomic E-state index is 11.1. The van der Waals surface area contributed by atoms with Crippen LogP contribution >= 0.6 is 0 Å². The first-order valence-corrected chi connectivity index (χ1v) is 4.19. The first-order valence-electron chi connectivity index (χ1n) is 4.19. The van der Waals surface area contributed by atoms with Gasteiger partial charge in [0.05, 0.1) is 12.7 Å². The average molecular weight is 196 g/mol. The van der Waals surface area contributed by atoms with Gasteiger partial charge in [-0.05, 0) is 19.0 Å². The lowest BCUT2D eigenvalue weighted by atomic mass is 10.2. The Kier molecular flexibility index (Phi) is 3.41. The molecule has 0 aliphatic heterocycles. The molecule has 0 unspecified atom stereocenters. The van der Waals surface area contributed by atoms with Crippen LogP contribution in [0.25, 0.3) is 0 Å². The van der Waals surface area contributed by atoms with Crippen LogP contribution in [0, 0.1) is 0 Å². The van der Waals surface area contributed by atoms with Gasteiger partial charge in [0.2, 0.25) is 5.56 Å². The Bertz CT molecular complexity index is 384. The summed E-state index contributed by atoms with van der Waals surface area (Å²) in [5.74, 6) is -0.519. The van der Waals surface area contributed by atoms with Gasteiger partial charge in [-0.2, -0.15) is 0 Å². The summed E-state index contributed by atoms with van der Waals surface area (Å²) in [5, 5.41) is 0. The molecule has 0 spiro atoms. The average Bonchev–Trinajstić information content (AvgIpc) is 2.16. The van der Waals surface area contributed by atoms with Gasteiger partial charge < -0.3 is 15.5 Å². The van der Waals surface area contributed by atoms with E-state index in [4.69, 9.17) is 5.73 Å². The van der Waals surface area contributed by atoms with Crippen molar-refractivity contribution in [2.24, 2.45) is 5.73 Å². The smallest absolute Gasteiger partial charge is 0.338 e. The summed E-state index contributed by atoms with van der Waals surface area (Å²) in [6, 6.07) is 2.77. The summed E-state index contributed by atoms with van der Waals surface area (Å²) < 4.78 is 4.50. The van der Waals surface area contributed by atoms with Crippen LogP contribution in [0.5, 0.6) is 0 Å². The van der Waals surface area contributed by atoms with Gasteiger partial charge >= 0.3 is 5.97 Å².